The summed E-state index contributed by atoms with van der Waals surface area (Å²) in [6.45, 7) is 8.08. The number of benzene rings is 2. The van der Waals surface area contributed by atoms with Crippen LogP contribution in [0.2, 0.25) is 0 Å². The lowest BCUT2D eigenvalue weighted by atomic mass is 9.99. The molecule has 40 heavy (non-hydrogen) atoms. The second-order valence-electron chi connectivity index (χ2n) is 10.9. The predicted octanol–water partition coefficient (Wildman–Crippen LogP) is 5.64. The van der Waals surface area contributed by atoms with Gasteiger partial charge in [0.1, 0.15) is 5.75 Å². The van der Waals surface area contributed by atoms with Gasteiger partial charge in [-0.05, 0) is 49.8 Å². The maximum atomic E-state index is 13.7. The number of amides is 2. The average molecular weight is 552 g/mol. The molecule has 1 heterocycles. The van der Waals surface area contributed by atoms with Gasteiger partial charge in [0.2, 0.25) is 5.91 Å². The molecule has 0 radical (unpaired) electrons. The predicted molar refractivity (Wildman–Crippen MR) is 162 cm³/mol. The van der Waals surface area contributed by atoms with Gasteiger partial charge in [-0.1, -0.05) is 76.8 Å². The minimum Gasteiger partial charge on any atom is -0.493 e. The van der Waals surface area contributed by atoms with Gasteiger partial charge in [0.15, 0.2) is 0 Å². The third kappa shape index (κ3) is 9.93. The van der Waals surface area contributed by atoms with Crippen LogP contribution >= 0.6 is 0 Å². The summed E-state index contributed by atoms with van der Waals surface area (Å²) >= 11 is 0. The highest BCUT2D eigenvalue weighted by atomic mass is 16.5. The first-order chi connectivity index (χ1) is 19.4. The summed E-state index contributed by atoms with van der Waals surface area (Å²) in [4.78, 5) is 27.9. The van der Waals surface area contributed by atoms with Gasteiger partial charge in [0, 0.05) is 42.9 Å². The molecule has 2 unspecified atom stereocenters. The van der Waals surface area contributed by atoms with E-state index in [2.05, 4.69) is 31.4 Å². The van der Waals surface area contributed by atoms with Crippen molar-refractivity contribution >= 4 is 17.5 Å². The SMILES string of the molecule is CCCCCOc1cc(C(=O)NC(Cc2ccccc2)C(O)CNC(CCC)CCC)cc(N2CCCC2=O)c1. The van der Waals surface area contributed by atoms with Crippen LogP contribution in [0.1, 0.15) is 94.5 Å². The molecule has 1 fully saturated rings. The van der Waals surface area contributed by atoms with Crippen LogP contribution in [-0.2, 0) is 11.2 Å². The van der Waals surface area contributed by atoms with Gasteiger partial charge in [-0.15, -0.1) is 0 Å². The summed E-state index contributed by atoms with van der Waals surface area (Å²) in [7, 11) is 0. The van der Waals surface area contributed by atoms with Gasteiger partial charge in [0.25, 0.3) is 5.91 Å². The van der Waals surface area contributed by atoms with Crippen molar-refractivity contribution < 1.29 is 19.4 Å². The van der Waals surface area contributed by atoms with Gasteiger partial charge in [-0.25, -0.2) is 0 Å². The maximum absolute atomic E-state index is 13.7. The van der Waals surface area contributed by atoms with Gasteiger partial charge in [-0.3, -0.25) is 9.59 Å². The summed E-state index contributed by atoms with van der Waals surface area (Å²) in [5.74, 6) is 0.361. The normalized spacial score (nSPS) is 14.9. The van der Waals surface area contributed by atoms with Crippen molar-refractivity contribution in [2.24, 2.45) is 0 Å². The molecule has 0 bridgehead atoms. The van der Waals surface area contributed by atoms with Crippen LogP contribution in [0.5, 0.6) is 5.75 Å². The molecule has 3 rings (SSSR count). The van der Waals surface area contributed by atoms with Crippen LogP contribution in [0.25, 0.3) is 0 Å². The fraction of sp³-hybridized carbons (Fsp3) is 0.576. The Bertz CT molecular complexity index is 1040. The molecule has 1 aliphatic heterocycles. The number of nitrogens with zero attached hydrogens (tertiary/aromatic N) is 1. The Morgan fingerprint density at radius 2 is 1.77 bits per heavy atom. The summed E-state index contributed by atoms with van der Waals surface area (Å²) in [6, 6.07) is 15.1. The summed E-state index contributed by atoms with van der Waals surface area (Å²) < 4.78 is 6.02. The van der Waals surface area contributed by atoms with Crippen molar-refractivity contribution in [3.63, 3.8) is 0 Å². The van der Waals surface area contributed by atoms with E-state index in [9.17, 15) is 14.7 Å². The highest BCUT2D eigenvalue weighted by Gasteiger charge is 2.26. The van der Waals surface area contributed by atoms with E-state index in [0.717, 1.165) is 56.9 Å². The molecule has 1 aliphatic rings. The molecular formula is C33H49N3O4. The van der Waals surface area contributed by atoms with E-state index < -0.39 is 12.1 Å². The number of rotatable bonds is 18. The van der Waals surface area contributed by atoms with E-state index in [1.807, 2.05) is 36.4 Å². The zero-order valence-electron chi connectivity index (χ0n) is 24.7. The van der Waals surface area contributed by atoms with Gasteiger partial charge in [-0.2, -0.15) is 0 Å². The maximum Gasteiger partial charge on any atom is 0.251 e. The van der Waals surface area contributed by atoms with Crippen molar-refractivity contribution in [3.8, 4) is 5.75 Å². The Kier molecular flexibility index (Phi) is 13.5. The molecule has 2 amide bonds. The summed E-state index contributed by atoms with van der Waals surface area (Å²) in [5.41, 5.74) is 2.15. The van der Waals surface area contributed by atoms with Gasteiger partial charge in [0.05, 0.1) is 18.8 Å². The Morgan fingerprint density at radius 3 is 2.42 bits per heavy atom. The largest absolute Gasteiger partial charge is 0.493 e. The second kappa shape index (κ2) is 17.0. The fourth-order valence-corrected chi connectivity index (χ4v) is 5.29. The fourth-order valence-electron chi connectivity index (χ4n) is 5.29. The first-order valence-electron chi connectivity index (χ1n) is 15.3. The smallest absolute Gasteiger partial charge is 0.251 e. The molecule has 220 valence electrons. The number of aliphatic hydroxyl groups is 1. The number of ether oxygens (including phenoxy) is 1. The molecule has 0 spiro atoms. The lowest BCUT2D eigenvalue weighted by molar-refractivity contribution is -0.117. The Morgan fingerprint density at radius 1 is 1.02 bits per heavy atom. The number of anilines is 1. The van der Waals surface area contributed by atoms with Gasteiger partial charge >= 0.3 is 0 Å². The Hall–Kier alpha value is -2.90. The number of carbonyl (C=O) groups excluding carboxylic acids is 2. The minimum absolute atomic E-state index is 0.0617. The van der Waals surface area contributed by atoms with Crippen molar-refractivity contribution in [3.05, 3.63) is 59.7 Å². The van der Waals surface area contributed by atoms with Crippen molar-refractivity contribution in [2.75, 3.05) is 24.6 Å². The quantitative estimate of drug-likeness (QED) is 0.209. The minimum atomic E-state index is -0.770. The third-order valence-electron chi connectivity index (χ3n) is 7.52. The van der Waals surface area contributed by atoms with E-state index in [1.165, 1.54) is 0 Å². The van der Waals surface area contributed by atoms with Gasteiger partial charge < -0.3 is 25.4 Å². The highest BCUT2D eigenvalue weighted by molar-refractivity contribution is 5.99. The molecule has 7 heteroatoms. The van der Waals surface area contributed by atoms with Crippen LogP contribution in [0, 0.1) is 0 Å². The number of carbonyl (C=O) groups is 2. The first-order valence-corrected chi connectivity index (χ1v) is 15.3. The summed E-state index contributed by atoms with van der Waals surface area (Å²) in [5, 5.41) is 17.9. The molecule has 0 aromatic heterocycles. The second-order valence-corrected chi connectivity index (χ2v) is 10.9. The molecule has 2 atom stereocenters. The summed E-state index contributed by atoms with van der Waals surface area (Å²) in [6.07, 6.45) is 8.42. The number of unbranched alkanes of at least 4 members (excludes halogenated alkanes) is 2. The van der Waals surface area contributed by atoms with Crippen molar-refractivity contribution in [1.82, 2.24) is 10.6 Å². The van der Waals surface area contributed by atoms with E-state index in [-0.39, 0.29) is 11.8 Å². The standard InChI is InChI=1S/C33H49N3O4/c1-4-7-11-19-40-29-22-26(21-28(23-29)36-18-12-17-32(36)38)33(39)35-30(20-25-15-9-8-10-16-25)31(37)24-34-27(13-5-2)14-6-3/h8-10,15-16,21-23,27,30-31,34,37H,4-7,11-14,17-20,24H2,1-3H3,(H,35,39). The zero-order valence-corrected chi connectivity index (χ0v) is 24.7. The lowest BCUT2D eigenvalue weighted by Crippen LogP contribution is -2.50. The molecule has 2 aromatic carbocycles. The number of aliphatic hydroxyl groups excluding tert-OH is 1. The van der Waals surface area contributed by atoms with Crippen LogP contribution in [0.4, 0.5) is 5.69 Å². The number of hydrogen-bond donors (Lipinski definition) is 3. The van der Waals surface area contributed by atoms with E-state index >= 15 is 0 Å². The first kappa shape index (κ1) is 31.6. The van der Waals surface area contributed by atoms with Crippen LogP contribution in [-0.4, -0.2) is 54.8 Å². The lowest BCUT2D eigenvalue weighted by Gasteiger charge is -2.27. The van der Waals surface area contributed by atoms with E-state index in [4.69, 9.17) is 4.74 Å². The highest BCUT2D eigenvalue weighted by Crippen LogP contribution is 2.28. The number of nitrogens with one attached hydrogen (secondary N) is 2. The van der Waals surface area contributed by atoms with Crippen LogP contribution in [0.3, 0.4) is 0 Å². The Balaban J connectivity index is 1.80. The molecule has 7 nitrogen and oxygen atoms in total. The molecule has 0 saturated carbocycles. The molecule has 0 aliphatic carbocycles. The molecule has 3 N–H and O–H groups in total. The monoisotopic (exact) mass is 551 g/mol. The van der Waals surface area contributed by atoms with Crippen LogP contribution in [0.15, 0.2) is 48.5 Å². The topological polar surface area (TPSA) is 90.9 Å². The zero-order chi connectivity index (χ0) is 28.7. The molecular weight excluding hydrogens is 502 g/mol. The van der Waals surface area contributed by atoms with Crippen molar-refractivity contribution in [2.45, 2.75) is 103 Å². The molecule has 2 aromatic rings. The van der Waals surface area contributed by atoms with Crippen molar-refractivity contribution in [1.29, 1.82) is 0 Å². The average Bonchev–Trinajstić information content (AvgIpc) is 3.40. The number of hydrogen-bond acceptors (Lipinski definition) is 5. The van der Waals surface area contributed by atoms with E-state index in [0.29, 0.717) is 55.6 Å². The molecule has 1 saturated heterocycles. The van der Waals surface area contributed by atoms with Crippen LogP contribution < -0.4 is 20.3 Å². The third-order valence-corrected chi connectivity index (χ3v) is 7.52. The Labute approximate surface area is 240 Å². The van der Waals surface area contributed by atoms with E-state index in [1.54, 1.807) is 17.0 Å².